The van der Waals surface area contributed by atoms with E-state index in [0.29, 0.717) is 17.9 Å². The highest BCUT2D eigenvalue weighted by Crippen LogP contribution is 2.18. The van der Waals surface area contributed by atoms with Gasteiger partial charge in [0, 0.05) is 5.92 Å². The van der Waals surface area contributed by atoms with Gasteiger partial charge in [-0.3, -0.25) is 10.2 Å². The number of hydrazine groups is 1. The van der Waals surface area contributed by atoms with Crippen LogP contribution in [0.4, 0.5) is 0 Å². The van der Waals surface area contributed by atoms with Gasteiger partial charge in [0.15, 0.2) is 5.03 Å². The van der Waals surface area contributed by atoms with Crippen LogP contribution in [0.3, 0.4) is 0 Å². The first-order chi connectivity index (χ1) is 17.3. The zero-order chi connectivity index (χ0) is 26.3. The smallest absolute Gasteiger partial charge is 0.328 e. The first kappa shape index (κ1) is 28.3. The molecule has 0 fully saturated rings. The zero-order valence-corrected chi connectivity index (χ0v) is 20.6. The van der Waals surface area contributed by atoms with Crippen LogP contribution in [-0.2, 0) is 27.2 Å². The average Bonchev–Trinajstić information content (AvgIpc) is 2.87. The van der Waals surface area contributed by atoms with Gasteiger partial charge in [0.05, 0.1) is 13.7 Å². The van der Waals surface area contributed by atoms with Crippen LogP contribution in [0.5, 0.6) is 0 Å². The Bertz CT molecular complexity index is 973. The van der Waals surface area contributed by atoms with E-state index in [4.69, 9.17) is 15.9 Å². The first-order valence-electron chi connectivity index (χ1n) is 12.0. The third kappa shape index (κ3) is 9.73. The molecule has 36 heavy (non-hydrogen) atoms. The Kier molecular flexibility index (Phi) is 11.9. The number of rotatable bonds is 15. The molecule has 0 saturated heterocycles. The minimum absolute atomic E-state index is 0.113. The molecule has 2 aromatic carbocycles. The second-order valence-corrected chi connectivity index (χ2v) is 8.59. The summed E-state index contributed by atoms with van der Waals surface area (Å²) in [6.45, 7) is -0.168. The third-order valence-electron chi connectivity index (χ3n) is 5.95. The molecule has 194 valence electrons. The molecule has 2 rings (SSSR count). The van der Waals surface area contributed by atoms with E-state index in [1.165, 1.54) is 12.7 Å². The molecule has 4 N–H and O–H groups in total. The van der Waals surface area contributed by atoms with Gasteiger partial charge in [-0.1, -0.05) is 72.1 Å². The van der Waals surface area contributed by atoms with Crippen molar-refractivity contribution < 1.29 is 19.4 Å². The number of methoxy groups -OCH3 is 1. The van der Waals surface area contributed by atoms with Gasteiger partial charge in [0.2, 0.25) is 5.91 Å². The van der Waals surface area contributed by atoms with Crippen LogP contribution in [-0.4, -0.2) is 47.6 Å². The summed E-state index contributed by atoms with van der Waals surface area (Å²) < 4.78 is 4.84. The summed E-state index contributed by atoms with van der Waals surface area (Å²) in [6, 6.07) is 18.9. The number of hydrogen-bond acceptors (Lipinski definition) is 6. The molecule has 0 aliphatic carbocycles. The van der Waals surface area contributed by atoms with Crippen LogP contribution in [0.1, 0.15) is 43.2 Å². The summed E-state index contributed by atoms with van der Waals surface area (Å²) >= 11 is 0. The van der Waals surface area contributed by atoms with E-state index in [2.05, 4.69) is 17.4 Å². The Morgan fingerprint density at radius 3 is 2.19 bits per heavy atom. The maximum absolute atomic E-state index is 13.3. The number of aryl methyl sites for hydroxylation is 1. The lowest BCUT2D eigenvalue weighted by atomic mass is 9.92. The number of amides is 1. The number of nitro groups is 1. The van der Waals surface area contributed by atoms with Crippen molar-refractivity contribution in [1.82, 2.24) is 10.3 Å². The fourth-order valence-electron chi connectivity index (χ4n) is 4.01. The van der Waals surface area contributed by atoms with E-state index < -0.39 is 23.0 Å². The predicted octanol–water partition coefficient (Wildman–Crippen LogP) is 3.08. The maximum Gasteiger partial charge on any atom is 0.328 e. The fourth-order valence-corrected chi connectivity index (χ4v) is 4.01. The van der Waals surface area contributed by atoms with Crippen molar-refractivity contribution in [3.8, 4) is 0 Å². The minimum atomic E-state index is -0.953. The second-order valence-electron chi connectivity index (χ2n) is 8.59. The molecule has 10 heteroatoms. The lowest BCUT2D eigenvalue weighted by molar-refractivity contribution is -0.629. The van der Waals surface area contributed by atoms with Crippen molar-refractivity contribution in [2.24, 2.45) is 11.7 Å². The quantitative estimate of drug-likeness (QED) is 0.0854. The van der Waals surface area contributed by atoms with Crippen LogP contribution in [0.15, 0.2) is 60.7 Å². The molecule has 0 aliphatic heterocycles. The standard InChI is InChI=1S/C26H35N5O5/c1-36-25(33)23(17-10-18-30(26(27)28)31(34)35)29-24(32)22(19-21-14-6-3-7-15-21)16-9-8-13-20-11-4-2-5-12-20/h2-7,11-12,14-15,22-23H,8-10,13,16-19H2,1H3,(H3,27,28)(H,29,32)/t22-,23?/m0/s1. The number of nitrogens with zero attached hydrogens (tertiary/aromatic N) is 2. The van der Waals surface area contributed by atoms with Crippen molar-refractivity contribution in [3.05, 3.63) is 81.9 Å². The topological polar surface area (TPSA) is 152 Å². The fraction of sp³-hybridized carbons (Fsp3) is 0.423. The first-order valence-corrected chi connectivity index (χ1v) is 12.0. The number of nitrogens with two attached hydrogens (primary N) is 1. The molecule has 1 amide bonds. The summed E-state index contributed by atoms with van der Waals surface area (Å²) in [5.41, 5.74) is 7.51. The number of carbonyl (C=O) groups is 2. The number of nitrogens with one attached hydrogen (secondary N) is 2. The molecule has 0 aliphatic rings. The van der Waals surface area contributed by atoms with Crippen LogP contribution < -0.4 is 11.1 Å². The average molecular weight is 498 g/mol. The molecule has 0 bridgehead atoms. The van der Waals surface area contributed by atoms with Crippen LogP contribution in [0.25, 0.3) is 0 Å². The molecule has 0 radical (unpaired) electrons. The van der Waals surface area contributed by atoms with Gasteiger partial charge in [-0.2, -0.15) is 0 Å². The van der Waals surface area contributed by atoms with E-state index >= 15 is 0 Å². The van der Waals surface area contributed by atoms with Gasteiger partial charge in [-0.15, -0.1) is 0 Å². The van der Waals surface area contributed by atoms with Crippen molar-refractivity contribution in [1.29, 1.82) is 5.41 Å². The van der Waals surface area contributed by atoms with Gasteiger partial charge in [0.1, 0.15) is 6.04 Å². The normalized spacial score (nSPS) is 12.2. The van der Waals surface area contributed by atoms with Crippen molar-refractivity contribution >= 4 is 17.8 Å². The molecule has 2 atom stereocenters. The number of ether oxygens (including phenoxy) is 1. The number of benzene rings is 2. The lowest BCUT2D eigenvalue weighted by Crippen LogP contribution is -2.46. The number of hydrogen-bond donors (Lipinski definition) is 3. The van der Waals surface area contributed by atoms with E-state index in [1.807, 2.05) is 48.5 Å². The molecule has 10 nitrogen and oxygen atoms in total. The van der Waals surface area contributed by atoms with Crippen molar-refractivity contribution in [2.75, 3.05) is 13.7 Å². The number of guanidine groups is 1. The van der Waals surface area contributed by atoms with Gasteiger partial charge in [-0.25, -0.2) is 14.9 Å². The Morgan fingerprint density at radius 2 is 1.64 bits per heavy atom. The minimum Gasteiger partial charge on any atom is -0.467 e. The monoisotopic (exact) mass is 497 g/mol. The highest BCUT2D eigenvalue weighted by atomic mass is 16.7. The lowest BCUT2D eigenvalue weighted by Gasteiger charge is -2.22. The molecule has 2 aromatic rings. The second kappa shape index (κ2) is 15.1. The number of unbranched alkanes of at least 4 members (excludes halogenated alkanes) is 1. The molecular formula is C26H35N5O5. The Morgan fingerprint density at radius 1 is 1.03 bits per heavy atom. The van der Waals surface area contributed by atoms with Crippen molar-refractivity contribution in [3.63, 3.8) is 0 Å². The van der Waals surface area contributed by atoms with E-state index in [-0.39, 0.29) is 31.2 Å². The number of esters is 1. The number of carbonyl (C=O) groups excluding carboxylic acids is 2. The van der Waals surface area contributed by atoms with E-state index in [9.17, 15) is 19.7 Å². The summed E-state index contributed by atoms with van der Waals surface area (Å²) in [4.78, 5) is 36.6. The van der Waals surface area contributed by atoms with Crippen LogP contribution >= 0.6 is 0 Å². The highest BCUT2D eigenvalue weighted by Gasteiger charge is 2.27. The van der Waals surface area contributed by atoms with Gasteiger partial charge < -0.3 is 15.8 Å². The van der Waals surface area contributed by atoms with E-state index in [0.717, 1.165) is 24.8 Å². The summed E-state index contributed by atoms with van der Waals surface area (Å²) in [5, 5.41) is 20.8. The van der Waals surface area contributed by atoms with Gasteiger partial charge >= 0.3 is 5.97 Å². The third-order valence-corrected chi connectivity index (χ3v) is 5.95. The molecular weight excluding hydrogens is 462 g/mol. The largest absolute Gasteiger partial charge is 0.467 e. The van der Waals surface area contributed by atoms with Gasteiger partial charge in [0.25, 0.3) is 5.96 Å². The molecule has 0 heterocycles. The molecule has 1 unspecified atom stereocenters. The summed E-state index contributed by atoms with van der Waals surface area (Å²) in [6.07, 6.45) is 4.16. The molecule has 0 saturated carbocycles. The molecule has 0 aromatic heterocycles. The maximum atomic E-state index is 13.3. The zero-order valence-electron chi connectivity index (χ0n) is 20.6. The van der Waals surface area contributed by atoms with E-state index in [1.54, 1.807) is 0 Å². The van der Waals surface area contributed by atoms with Crippen LogP contribution in [0.2, 0.25) is 0 Å². The Labute approximate surface area is 211 Å². The van der Waals surface area contributed by atoms with Crippen LogP contribution in [0, 0.1) is 21.4 Å². The summed E-state index contributed by atoms with van der Waals surface area (Å²) in [5.74, 6) is -1.92. The molecule has 0 spiro atoms. The van der Waals surface area contributed by atoms with Gasteiger partial charge in [-0.05, 0) is 49.7 Å². The van der Waals surface area contributed by atoms with Crippen molar-refractivity contribution in [2.45, 2.75) is 51.0 Å². The highest BCUT2D eigenvalue weighted by molar-refractivity contribution is 5.85. The summed E-state index contributed by atoms with van der Waals surface area (Å²) in [7, 11) is 1.23. The Balaban J connectivity index is 2.01. The SMILES string of the molecule is COC(=O)C(CCCN(C(=N)N)[N+](=O)[O-])NC(=O)[C@@H](CCCCc1ccccc1)Cc1ccccc1. The predicted molar refractivity (Wildman–Crippen MR) is 136 cm³/mol. The Hall–Kier alpha value is -3.95.